The lowest BCUT2D eigenvalue weighted by Gasteiger charge is -2.22. The van der Waals surface area contributed by atoms with E-state index in [9.17, 15) is 4.79 Å². The molecule has 0 radical (unpaired) electrons. The van der Waals surface area contributed by atoms with Gasteiger partial charge in [0, 0.05) is 26.0 Å². The van der Waals surface area contributed by atoms with Crippen LogP contribution in [0.3, 0.4) is 0 Å². The van der Waals surface area contributed by atoms with Crippen molar-refractivity contribution in [2.45, 2.75) is 25.0 Å². The molecule has 134 valence electrons. The highest BCUT2D eigenvalue weighted by Crippen LogP contribution is 2.32. The summed E-state index contributed by atoms with van der Waals surface area (Å²) in [6.07, 6.45) is 4.80. The topological polar surface area (TPSA) is 74.6 Å². The number of ether oxygens (including phenoxy) is 3. The van der Waals surface area contributed by atoms with Crippen LogP contribution >= 0.6 is 0 Å². The average molecular weight is 345 g/mol. The fourth-order valence-corrected chi connectivity index (χ4v) is 3.00. The van der Waals surface area contributed by atoms with Crippen molar-refractivity contribution in [3.05, 3.63) is 42.0 Å². The molecule has 1 saturated heterocycles. The number of rotatable bonds is 6. The third-order valence-electron chi connectivity index (χ3n) is 4.37. The molecule has 0 saturated carbocycles. The predicted molar refractivity (Wildman–Crippen MR) is 91.7 cm³/mol. The van der Waals surface area contributed by atoms with Gasteiger partial charge in [0.15, 0.2) is 11.5 Å². The Labute approximate surface area is 146 Å². The van der Waals surface area contributed by atoms with Gasteiger partial charge in [0.1, 0.15) is 18.0 Å². The van der Waals surface area contributed by atoms with Crippen LogP contribution in [0.15, 0.2) is 30.6 Å². The van der Waals surface area contributed by atoms with Crippen LogP contribution in [-0.2, 0) is 16.6 Å². The molecule has 7 nitrogen and oxygen atoms in total. The summed E-state index contributed by atoms with van der Waals surface area (Å²) in [6.45, 7) is 0.627. The number of benzene rings is 1. The highest BCUT2D eigenvalue weighted by molar-refractivity contribution is 5.81. The molecule has 2 aromatic rings. The van der Waals surface area contributed by atoms with Crippen LogP contribution in [0.1, 0.15) is 30.3 Å². The molecule has 0 bridgehead atoms. The maximum atomic E-state index is 12.6. The van der Waals surface area contributed by atoms with Gasteiger partial charge in [-0.3, -0.25) is 4.79 Å². The lowest BCUT2D eigenvalue weighted by Crippen LogP contribution is -2.38. The first-order valence-corrected chi connectivity index (χ1v) is 8.25. The molecule has 7 heteroatoms. The summed E-state index contributed by atoms with van der Waals surface area (Å²) in [4.78, 5) is 17.0. The average Bonchev–Trinajstić information content (AvgIpc) is 3.30. The van der Waals surface area contributed by atoms with Gasteiger partial charge in [0.25, 0.3) is 0 Å². The van der Waals surface area contributed by atoms with Gasteiger partial charge in [-0.2, -0.15) is 0 Å². The maximum absolute atomic E-state index is 12.6. The standard InChI is InChI=1S/C18H23N3O4/c1-21-9-8-19-17(21)16(20-18(22)14-5-4-10-25-14)12-6-7-13(23-2)15(11-12)24-3/h6-9,11,14,16H,4-5,10H2,1-3H3,(H,20,22). The Morgan fingerprint density at radius 2 is 2.16 bits per heavy atom. The van der Waals surface area contributed by atoms with Crippen LogP contribution in [0.2, 0.25) is 0 Å². The van der Waals surface area contributed by atoms with Gasteiger partial charge in [-0.1, -0.05) is 6.07 Å². The Kier molecular flexibility index (Phi) is 5.23. The first kappa shape index (κ1) is 17.3. The van der Waals surface area contributed by atoms with Gasteiger partial charge >= 0.3 is 0 Å². The fraction of sp³-hybridized carbons (Fsp3) is 0.444. The van der Waals surface area contributed by atoms with Crippen molar-refractivity contribution in [2.24, 2.45) is 7.05 Å². The van der Waals surface area contributed by atoms with Gasteiger partial charge in [-0.05, 0) is 30.5 Å². The summed E-state index contributed by atoms with van der Waals surface area (Å²) in [5.74, 6) is 1.85. The summed E-state index contributed by atoms with van der Waals surface area (Å²) in [6, 6.07) is 5.17. The molecule has 2 unspecified atom stereocenters. The van der Waals surface area contributed by atoms with E-state index in [1.54, 1.807) is 20.4 Å². The second-order valence-electron chi connectivity index (χ2n) is 5.95. The molecule has 3 rings (SSSR count). The second kappa shape index (κ2) is 7.57. The van der Waals surface area contributed by atoms with Gasteiger partial charge in [-0.15, -0.1) is 0 Å². The van der Waals surface area contributed by atoms with Crippen LogP contribution in [0.4, 0.5) is 0 Å². The van der Waals surface area contributed by atoms with Crippen LogP contribution < -0.4 is 14.8 Å². The third-order valence-corrected chi connectivity index (χ3v) is 4.37. The summed E-state index contributed by atoms with van der Waals surface area (Å²) in [7, 11) is 5.07. The second-order valence-corrected chi connectivity index (χ2v) is 5.95. The normalized spacial score (nSPS) is 18.0. The number of imidazole rings is 1. The van der Waals surface area contributed by atoms with Crippen molar-refractivity contribution < 1.29 is 19.0 Å². The van der Waals surface area contributed by atoms with Gasteiger partial charge in [-0.25, -0.2) is 4.98 Å². The molecular formula is C18H23N3O4. The Balaban J connectivity index is 1.94. The number of carbonyl (C=O) groups is 1. The number of aromatic nitrogens is 2. The summed E-state index contributed by atoms with van der Waals surface area (Å²) in [5.41, 5.74) is 0.860. The van der Waals surface area contributed by atoms with Crippen LogP contribution in [0.25, 0.3) is 0 Å². The zero-order valence-corrected chi connectivity index (χ0v) is 14.7. The van der Waals surface area contributed by atoms with Crippen molar-refractivity contribution in [1.29, 1.82) is 0 Å². The number of nitrogens with one attached hydrogen (secondary N) is 1. The van der Waals surface area contributed by atoms with Crippen molar-refractivity contribution >= 4 is 5.91 Å². The molecule has 1 aliphatic rings. The van der Waals surface area contributed by atoms with Crippen molar-refractivity contribution in [3.8, 4) is 11.5 Å². The molecular weight excluding hydrogens is 322 g/mol. The zero-order chi connectivity index (χ0) is 17.8. The molecule has 0 spiro atoms. The molecule has 25 heavy (non-hydrogen) atoms. The number of amides is 1. The van der Waals surface area contributed by atoms with Gasteiger partial charge in [0.05, 0.1) is 14.2 Å². The number of carbonyl (C=O) groups excluding carboxylic acids is 1. The molecule has 1 amide bonds. The fourth-order valence-electron chi connectivity index (χ4n) is 3.00. The van der Waals surface area contributed by atoms with E-state index in [1.807, 2.05) is 36.0 Å². The third kappa shape index (κ3) is 3.61. The van der Waals surface area contributed by atoms with Crippen LogP contribution in [-0.4, -0.2) is 42.4 Å². The Hall–Kier alpha value is -2.54. The lowest BCUT2D eigenvalue weighted by atomic mass is 10.0. The Morgan fingerprint density at radius 3 is 2.76 bits per heavy atom. The SMILES string of the molecule is COc1ccc(C(NC(=O)C2CCCO2)c2nccn2C)cc1OC. The molecule has 2 atom stereocenters. The van der Waals surface area contributed by atoms with Crippen molar-refractivity contribution in [1.82, 2.24) is 14.9 Å². The largest absolute Gasteiger partial charge is 0.493 e. The monoisotopic (exact) mass is 345 g/mol. The number of aryl methyl sites for hydroxylation is 1. The molecule has 2 heterocycles. The first-order valence-electron chi connectivity index (χ1n) is 8.25. The maximum Gasteiger partial charge on any atom is 0.249 e. The van der Waals surface area contributed by atoms with Crippen LogP contribution in [0.5, 0.6) is 11.5 Å². The van der Waals surface area contributed by atoms with E-state index < -0.39 is 12.1 Å². The number of nitrogens with zero attached hydrogens (tertiary/aromatic N) is 2. The summed E-state index contributed by atoms with van der Waals surface area (Å²) in [5, 5.41) is 3.06. The summed E-state index contributed by atoms with van der Waals surface area (Å²) < 4.78 is 18.1. The highest BCUT2D eigenvalue weighted by atomic mass is 16.5. The number of hydrogen-bond acceptors (Lipinski definition) is 5. The molecule has 1 aliphatic heterocycles. The highest BCUT2D eigenvalue weighted by Gasteiger charge is 2.28. The van der Waals surface area contributed by atoms with Crippen LogP contribution in [0, 0.1) is 0 Å². The molecule has 1 aromatic heterocycles. The van der Waals surface area contributed by atoms with Crippen molar-refractivity contribution in [3.63, 3.8) is 0 Å². The Bertz CT molecular complexity index is 738. The first-order chi connectivity index (χ1) is 12.1. The van der Waals surface area contributed by atoms with E-state index in [0.717, 1.165) is 24.2 Å². The lowest BCUT2D eigenvalue weighted by molar-refractivity contribution is -0.130. The quantitative estimate of drug-likeness (QED) is 0.864. The molecule has 0 aliphatic carbocycles. The minimum absolute atomic E-state index is 0.125. The van der Waals surface area contributed by atoms with Gasteiger partial charge in [0.2, 0.25) is 5.91 Å². The molecule has 1 fully saturated rings. The smallest absolute Gasteiger partial charge is 0.249 e. The van der Waals surface area contributed by atoms with Gasteiger partial charge < -0.3 is 24.1 Å². The van der Waals surface area contributed by atoms with E-state index >= 15 is 0 Å². The summed E-state index contributed by atoms with van der Waals surface area (Å²) >= 11 is 0. The minimum atomic E-state index is -0.406. The van der Waals surface area contributed by atoms with E-state index in [4.69, 9.17) is 14.2 Å². The predicted octanol–water partition coefficient (Wildman–Crippen LogP) is 1.82. The number of methoxy groups -OCH3 is 2. The zero-order valence-electron chi connectivity index (χ0n) is 14.7. The van der Waals surface area contributed by atoms with E-state index in [2.05, 4.69) is 10.3 Å². The molecule has 1 aromatic carbocycles. The Morgan fingerprint density at radius 1 is 1.36 bits per heavy atom. The van der Waals surface area contributed by atoms with E-state index in [1.165, 1.54) is 0 Å². The number of hydrogen-bond donors (Lipinski definition) is 1. The van der Waals surface area contributed by atoms with E-state index in [-0.39, 0.29) is 5.91 Å². The van der Waals surface area contributed by atoms with E-state index in [0.29, 0.717) is 18.1 Å². The van der Waals surface area contributed by atoms with Crippen molar-refractivity contribution in [2.75, 3.05) is 20.8 Å². The minimum Gasteiger partial charge on any atom is -0.493 e. The molecule has 1 N–H and O–H groups in total.